The van der Waals surface area contributed by atoms with Crippen molar-refractivity contribution < 1.29 is 4.74 Å². The third-order valence-electron chi connectivity index (χ3n) is 1.58. The number of hydrogen-bond acceptors (Lipinski definition) is 3. The maximum absolute atomic E-state index is 5.31. The minimum atomic E-state index is 0.800. The number of rotatable bonds is 1. The van der Waals surface area contributed by atoms with E-state index in [0.717, 1.165) is 32.1 Å². The van der Waals surface area contributed by atoms with Gasteiger partial charge in [0, 0.05) is 26.6 Å². The van der Waals surface area contributed by atoms with Crippen LogP contribution in [0.4, 0.5) is 0 Å². The zero-order valence-electron chi connectivity index (χ0n) is 6.63. The van der Waals surface area contributed by atoms with Gasteiger partial charge in [-0.25, -0.2) is 4.99 Å². The summed E-state index contributed by atoms with van der Waals surface area (Å²) in [4.78, 5) is 6.23. The van der Waals surface area contributed by atoms with Crippen molar-refractivity contribution in [2.75, 3.05) is 26.7 Å². The van der Waals surface area contributed by atoms with Gasteiger partial charge in [0.25, 0.3) is 6.02 Å². The van der Waals surface area contributed by atoms with E-state index in [1.54, 1.807) is 0 Å². The average molecular weight is 142 g/mol. The number of amidine groups is 1. The van der Waals surface area contributed by atoms with Crippen molar-refractivity contribution in [3.63, 3.8) is 0 Å². The van der Waals surface area contributed by atoms with Crippen LogP contribution in [0, 0.1) is 0 Å². The molecule has 0 saturated heterocycles. The number of nitrogens with zero attached hydrogens (tertiary/aromatic N) is 2. The Labute approximate surface area is 61.7 Å². The highest BCUT2D eigenvalue weighted by Gasteiger charge is 2.08. The Hall–Kier alpha value is -0.730. The zero-order chi connectivity index (χ0) is 7.40. The minimum absolute atomic E-state index is 0.800. The van der Waals surface area contributed by atoms with Crippen molar-refractivity contribution in [2.24, 2.45) is 4.99 Å². The predicted molar refractivity (Wildman–Crippen MR) is 41.2 cm³/mol. The Balaban J connectivity index is 2.44. The molecule has 1 rings (SSSR count). The topological polar surface area (TPSA) is 24.8 Å². The first kappa shape index (κ1) is 7.38. The van der Waals surface area contributed by atoms with E-state index in [9.17, 15) is 0 Å². The lowest BCUT2D eigenvalue weighted by Crippen LogP contribution is -2.31. The van der Waals surface area contributed by atoms with Gasteiger partial charge in [0.1, 0.15) is 0 Å². The first-order valence-electron chi connectivity index (χ1n) is 3.73. The Kier molecular flexibility index (Phi) is 2.54. The molecule has 0 aromatic rings. The fourth-order valence-electron chi connectivity index (χ4n) is 0.815. The van der Waals surface area contributed by atoms with Crippen LogP contribution in [0.25, 0.3) is 0 Å². The SMILES string of the molecule is CCN(C)C1=NCCCO1. The molecule has 0 aromatic carbocycles. The second-order valence-electron chi connectivity index (χ2n) is 2.38. The summed E-state index contributed by atoms with van der Waals surface area (Å²) in [6.07, 6.45) is 1.06. The molecular weight excluding hydrogens is 128 g/mol. The zero-order valence-corrected chi connectivity index (χ0v) is 6.63. The Bertz CT molecular complexity index is 134. The van der Waals surface area contributed by atoms with Crippen LogP contribution in [0.15, 0.2) is 4.99 Å². The van der Waals surface area contributed by atoms with Gasteiger partial charge in [0.2, 0.25) is 0 Å². The molecule has 10 heavy (non-hydrogen) atoms. The third-order valence-corrected chi connectivity index (χ3v) is 1.58. The van der Waals surface area contributed by atoms with E-state index in [4.69, 9.17) is 4.74 Å². The fraction of sp³-hybridized carbons (Fsp3) is 0.857. The molecule has 0 aromatic heterocycles. The highest BCUT2D eigenvalue weighted by molar-refractivity contribution is 5.73. The van der Waals surface area contributed by atoms with E-state index in [-0.39, 0.29) is 0 Å². The first-order chi connectivity index (χ1) is 4.84. The minimum Gasteiger partial charge on any atom is -0.465 e. The van der Waals surface area contributed by atoms with Gasteiger partial charge in [-0.05, 0) is 6.92 Å². The quantitative estimate of drug-likeness (QED) is 0.538. The van der Waals surface area contributed by atoms with Gasteiger partial charge in [-0.3, -0.25) is 0 Å². The predicted octanol–water partition coefficient (Wildman–Crippen LogP) is 0.714. The molecule has 0 bridgehead atoms. The van der Waals surface area contributed by atoms with Gasteiger partial charge in [-0.15, -0.1) is 0 Å². The summed E-state index contributed by atoms with van der Waals surface area (Å²) >= 11 is 0. The summed E-state index contributed by atoms with van der Waals surface area (Å²) < 4.78 is 5.31. The molecule has 0 unspecified atom stereocenters. The van der Waals surface area contributed by atoms with Crippen LogP contribution in [0.2, 0.25) is 0 Å². The van der Waals surface area contributed by atoms with Crippen LogP contribution in [0.5, 0.6) is 0 Å². The van der Waals surface area contributed by atoms with Gasteiger partial charge < -0.3 is 9.64 Å². The molecule has 0 saturated carbocycles. The second-order valence-corrected chi connectivity index (χ2v) is 2.38. The first-order valence-corrected chi connectivity index (χ1v) is 3.73. The summed E-state index contributed by atoms with van der Waals surface area (Å²) in [5, 5.41) is 0. The molecule has 1 aliphatic rings. The van der Waals surface area contributed by atoms with E-state index in [2.05, 4.69) is 11.9 Å². The van der Waals surface area contributed by atoms with Crippen LogP contribution in [0.1, 0.15) is 13.3 Å². The summed E-state index contributed by atoms with van der Waals surface area (Å²) in [6, 6.07) is 0.800. The van der Waals surface area contributed by atoms with Crippen molar-refractivity contribution in [1.29, 1.82) is 0 Å². The van der Waals surface area contributed by atoms with Crippen molar-refractivity contribution in [3.8, 4) is 0 Å². The van der Waals surface area contributed by atoms with Gasteiger partial charge in [0.05, 0.1) is 6.61 Å². The largest absolute Gasteiger partial charge is 0.465 e. The normalized spacial score (nSPS) is 17.6. The number of aliphatic imine (C=N–C) groups is 1. The molecule has 1 heterocycles. The molecule has 0 N–H and O–H groups in total. The third kappa shape index (κ3) is 1.62. The lowest BCUT2D eigenvalue weighted by molar-refractivity contribution is 0.229. The highest BCUT2D eigenvalue weighted by Crippen LogP contribution is 1.99. The van der Waals surface area contributed by atoms with Crippen molar-refractivity contribution in [3.05, 3.63) is 0 Å². The Morgan fingerprint density at radius 2 is 2.50 bits per heavy atom. The van der Waals surface area contributed by atoms with E-state index < -0.39 is 0 Å². The standard InChI is InChI=1S/C7H14N2O/c1-3-9(2)7-8-5-4-6-10-7/h3-6H2,1-2H3. The molecule has 58 valence electrons. The molecule has 0 radical (unpaired) electrons. The fourth-order valence-corrected chi connectivity index (χ4v) is 0.815. The molecule has 0 spiro atoms. The summed E-state index contributed by atoms with van der Waals surface area (Å²) in [7, 11) is 1.99. The Morgan fingerprint density at radius 1 is 1.70 bits per heavy atom. The Morgan fingerprint density at radius 3 is 3.00 bits per heavy atom. The molecular formula is C7H14N2O. The lowest BCUT2D eigenvalue weighted by Gasteiger charge is -2.21. The molecule has 3 nitrogen and oxygen atoms in total. The van der Waals surface area contributed by atoms with Crippen molar-refractivity contribution >= 4 is 6.02 Å². The van der Waals surface area contributed by atoms with Crippen LogP contribution in [-0.2, 0) is 4.74 Å². The monoisotopic (exact) mass is 142 g/mol. The van der Waals surface area contributed by atoms with E-state index in [1.807, 2.05) is 11.9 Å². The van der Waals surface area contributed by atoms with Crippen molar-refractivity contribution in [2.45, 2.75) is 13.3 Å². The maximum atomic E-state index is 5.31. The van der Waals surface area contributed by atoms with Gasteiger partial charge >= 0.3 is 0 Å². The van der Waals surface area contributed by atoms with Gasteiger partial charge in [-0.1, -0.05) is 0 Å². The number of hydrogen-bond donors (Lipinski definition) is 0. The van der Waals surface area contributed by atoms with Crippen LogP contribution in [-0.4, -0.2) is 37.7 Å². The van der Waals surface area contributed by atoms with E-state index >= 15 is 0 Å². The highest BCUT2D eigenvalue weighted by atomic mass is 16.5. The molecule has 0 fully saturated rings. The maximum Gasteiger partial charge on any atom is 0.287 e. The van der Waals surface area contributed by atoms with Crippen LogP contribution in [0.3, 0.4) is 0 Å². The molecule has 1 aliphatic heterocycles. The summed E-state index contributed by atoms with van der Waals surface area (Å²) in [6.45, 7) is 4.78. The van der Waals surface area contributed by atoms with Crippen LogP contribution < -0.4 is 0 Å². The smallest absolute Gasteiger partial charge is 0.287 e. The average Bonchev–Trinajstić information content (AvgIpc) is 2.05. The van der Waals surface area contributed by atoms with Gasteiger partial charge in [0.15, 0.2) is 0 Å². The van der Waals surface area contributed by atoms with Crippen LogP contribution >= 0.6 is 0 Å². The van der Waals surface area contributed by atoms with Crippen molar-refractivity contribution in [1.82, 2.24) is 4.90 Å². The molecule has 0 amide bonds. The van der Waals surface area contributed by atoms with E-state index in [0.29, 0.717) is 0 Å². The second kappa shape index (κ2) is 3.44. The molecule has 0 atom stereocenters. The summed E-state index contributed by atoms with van der Waals surface area (Å²) in [5.41, 5.74) is 0. The summed E-state index contributed by atoms with van der Waals surface area (Å²) in [5.74, 6) is 0. The lowest BCUT2D eigenvalue weighted by atomic mass is 10.4. The van der Waals surface area contributed by atoms with E-state index in [1.165, 1.54) is 0 Å². The van der Waals surface area contributed by atoms with Gasteiger partial charge in [-0.2, -0.15) is 0 Å². The number of ether oxygens (including phenoxy) is 1. The molecule has 3 heteroatoms. The molecule has 0 aliphatic carbocycles.